The number of nitrogen functional groups attached to an aromatic ring is 1. The summed E-state index contributed by atoms with van der Waals surface area (Å²) in [6.07, 6.45) is 1.86. The molecule has 19 heavy (non-hydrogen) atoms. The Labute approximate surface area is 116 Å². The van der Waals surface area contributed by atoms with Crippen LogP contribution in [0.1, 0.15) is 6.92 Å². The van der Waals surface area contributed by atoms with E-state index in [4.69, 9.17) is 10.5 Å². The SMILES string of the molecule is COCCNC(=O)C(C)Nc1cc(N)nc(SC)n1. The third-order valence-electron chi connectivity index (χ3n) is 2.27. The molecule has 1 atom stereocenters. The summed E-state index contributed by atoms with van der Waals surface area (Å²) in [7, 11) is 1.58. The molecule has 8 heteroatoms. The van der Waals surface area contributed by atoms with E-state index in [-0.39, 0.29) is 5.91 Å². The highest BCUT2D eigenvalue weighted by atomic mass is 32.2. The summed E-state index contributed by atoms with van der Waals surface area (Å²) < 4.78 is 4.86. The molecule has 0 spiro atoms. The maximum absolute atomic E-state index is 11.8. The van der Waals surface area contributed by atoms with Gasteiger partial charge >= 0.3 is 0 Å². The molecule has 1 amide bonds. The van der Waals surface area contributed by atoms with Gasteiger partial charge < -0.3 is 21.1 Å². The van der Waals surface area contributed by atoms with Crippen molar-refractivity contribution in [2.45, 2.75) is 18.1 Å². The van der Waals surface area contributed by atoms with Gasteiger partial charge in [-0.15, -0.1) is 0 Å². The Morgan fingerprint density at radius 2 is 2.32 bits per heavy atom. The summed E-state index contributed by atoms with van der Waals surface area (Å²) in [5.74, 6) is 0.778. The van der Waals surface area contributed by atoms with E-state index in [9.17, 15) is 4.79 Å². The lowest BCUT2D eigenvalue weighted by Gasteiger charge is -2.15. The van der Waals surface area contributed by atoms with Gasteiger partial charge in [0.2, 0.25) is 5.91 Å². The number of nitrogens with one attached hydrogen (secondary N) is 2. The fourth-order valence-corrected chi connectivity index (χ4v) is 1.71. The topological polar surface area (TPSA) is 102 Å². The van der Waals surface area contributed by atoms with Crippen molar-refractivity contribution in [3.63, 3.8) is 0 Å². The lowest BCUT2D eigenvalue weighted by atomic mass is 10.3. The Morgan fingerprint density at radius 1 is 1.58 bits per heavy atom. The van der Waals surface area contributed by atoms with Crippen LogP contribution in [0.4, 0.5) is 11.6 Å². The smallest absolute Gasteiger partial charge is 0.242 e. The number of rotatable bonds is 7. The fraction of sp³-hybridized carbons (Fsp3) is 0.545. The molecule has 7 nitrogen and oxygen atoms in total. The van der Waals surface area contributed by atoms with Crippen LogP contribution in [0, 0.1) is 0 Å². The highest BCUT2D eigenvalue weighted by molar-refractivity contribution is 7.98. The number of thioether (sulfide) groups is 1. The van der Waals surface area contributed by atoms with Gasteiger partial charge in [-0.25, -0.2) is 9.97 Å². The summed E-state index contributed by atoms with van der Waals surface area (Å²) in [5, 5.41) is 6.29. The number of anilines is 2. The molecule has 1 unspecified atom stereocenters. The zero-order valence-corrected chi connectivity index (χ0v) is 12.1. The lowest BCUT2D eigenvalue weighted by molar-refractivity contribution is -0.121. The number of hydrogen-bond acceptors (Lipinski definition) is 7. The Kier molecular flexibility index (Phi) is 6.37. The van der Waals surface area contributed by atoms with Crippen LogP contribution in [0.3, 0.4) is 0 Å². The maximum Gasteiger partial charge on any atom is 0.242 e. The molecule has 4 N–H and O–H groups in total. The minimum atomic E-state index is -0.416. The van der Waals surface area contributed by atoms with Crippen LogP contribution < -0.4 is 16.4 Å². The molecule has 0 radical (unpaired) electrons. The van der Waals surface area contributed by atoms with Crippen molar-refractivity contribution in [3.8, 4) is 0 Å². The number of carbonyl (C=O) groups is 1. The predicted octanol–water partition coefficient (Wildman–Crippen LogP) is 0.344. The molecule has 1 heterocycles. The quantitative estimate of drug-likeness (QED) is 0.377. The summed E-state index contributed by atoms with van der Waals surface area (Å²) in [5.41, 5.74) is 5.66. The average Bonchev–Trinajstić information content (AvgIpc) is 2.38. The number of aromatic nitrogens is 2. The van der Waals surface area contributed by atoms with Gasteiger partial charge in [-0.1, -0.05) is 11.8 Å². The number of hydrogen-bond donors (Lipinski definition) is 3. The van der Waals surface area contributed by atoms with Crippen LogP contribution in [0.25, 0.3) is 0 Å². The molecule has 1 rings (SSSR count). The Balaban J connectivity index is 2.58. The van der Waals surface area contributed by atoms with Crippen molar-refractivity contribution in [2.24, 2.45) is 0 Å². The number of methoxy groups -OCH3 is 1. The van der Waals surface area contributed by atoms with Crippen LogP contribution in [0.5, 0.6) is 0 Å². The van der Waals surface area contributed by atoms with Gasteiger partial charge in [-0.05, 0) is 13.2 Å². The first-order chi connectivity index (χ1) is 9.06. The largest absolute Gasteiger partial charge is 0.383 e. The zero-order chi connectivity index (χ0) is 14.3. The minimum Gasteiger partial charge on any atom is -0.383 e. The second kappa shape index (κ2) is 7.80. The van der Waals surface area contributed by atoms with Crippen LogP contribution >= 0.6 is 11.8 Å². The number of amides is 1. The van der Waals surface area contributed by atoms with Gasteiger partial charge in [0.25, 0.3) is 0 Å². The summed E-state index contributed by atoms with van der Waals surface area (Å²) in [6.45, 7) is 2.71. The lowest BCUT2D eigenvalue weighted by Crippen LogP contribution is -2.39. The highest BCUT2D eigenvalue weighted by Gasteiger charge is 2.13. The van der Waals surface area contributed by atoms with Gasteiger partial charge in [-0.2, -0.15) is 0 Å². The highest BCUT2D eigenvalue weighted by Crippen LogP contribution is 2.15. The molecule has 0 saturated carbocycles. The Bertz CT molecular complexity index is 430. The van der Waals surface area contributed by atoms with E-state index in [0.717, 1.165) is 0 Å². The van der Waals surface area contributed by atoms with Gasteiger partial charge in [0, 0.05) is 19.7 Å². The van der Waals surface area contributed by atoms with Crippen molar-refractivity contribution in [3.05, 3.63) is 6.07 Å². The molecule has 106 valence electrons. The first kappa shape index (κ1) is 15.5. The fourth-order valence-electron chi connectivity index (χ4n) is 1.33. The number of ether oxygens (including phenoxy) is 1. The van der Waals surface area contributed by atoms with Crippen LogP contribution in [0.15, 0.2) is 11.2 Å². The third-order valence-corrected chi connectivity index (χ3v) is 2.82. The first-order valence-corrected chi connectivity index (χ1v) is 7.01. The molecular formula is C11H19N5O2S. The Hall–Kier alpha value is -1.54. The molecule has 0 aliphatic heterocycles. The van der Waals surface area contributed by atoms with E-state index in [0.29, 0.717) is 29.9 Å². The van der Waals surface area contributed by atoms with E-state index in [1.807, 2.05) is 6.26 Å². The number of nitrogens with zero attached hydrogens (tertiary/aromatic N) is 2. The monoisotopic (exact) mass is 285 g/mol. The molecule has 0 fully saturated rings. The summed E-state index contributed by atoms with van der Waals surface area (Å²) in [4.78, 5) is 20.0. The number of carbonyl (C=O) groups excluding carboxylic acids is 1. The van der Waals surface area contributed by atoms with Crippen molar-refractivity contribution in [2.75, 3.05) is 37.6 Å². The molecule has 0 aliphatic rings. The van der Waals surface area contributed by atoms with Gasteiger partial charge in [0.05, 0.1) is 6.61 Å². The normalized spacial score (nSPS) is 11.9. The third kappa shape index (κ3) is 5.31. The standard InChI is InChI=1S/C11H19N5O2S/c1-7(10(17)13-4-5-18-2)14-9-6-8(12)15-11(16-9)19-3/h6-7H,4-5H2,1-3H3,(H,13,17)(H3,12,14,15,16). The Morgan fingerprint density at radius 3 is 2.95 bits per heavy atom. The molecule has 1 aromatic heterocycles. The molecule has 0 saturated heterocycles. The van der Waals surface area contributed by atoms with Crippen molar-refractivity contribution in [1.82, 2.24) is 15.3 Å². The predicted molar refractivity (Wildman–Crippen MR) is 76.2 cm³/mol. The summed E-state index contributed by atoms with van der Waals surface area (Å²) in [6, 6.07) is 1.18. The maximum atomic E-state index is 11.8. The van der Waals surface area contributed by atoms with E-state index in [1.54, 1.807) is 20.1 Å². The molecule has 0 bridgehead atoms. The summed E-state index contributed by atoms with van der Waals surface area (Å²) >= 11 is 1.39. The zero-order valence-electron chi connectivity index (χ0n) is 11.3. The van der Waals surface area contributed by atoms with Crippen molar-refractivity contribution in [1.29, 1.82) is 0 Å². The second-order valence-electron chi connectivity index (χ2n) is 3.81. The van der Waals surface area contributed by atoms with E-state index in [2.05, 4.69) is 20.6 Å². The number of nitrogens with two attached hydrogens (primary N) is 1. The van der Waals surface area contributed by atoms with Gasteiger partial charge in [-0.3, -0.25) is 4.79 Å². The van der Waals surface area contributed by atoms with E-state index >= 15 is 0 Å². The van der Waals surface area contributed by atoms with Gasteiger partial charge in [0.15, 0.2) is 5.16 Å². The molecular weight excluding hydrogens is 266 g/mol. The van der Waals surface area contributed by atoms with E-state index in [1.165, 1.54) is 11.8 Å². The van der Waals surface area contributed by atoms with E-state index < -0.39 is 6.04 Å². The van der Waals surface area contributed by atoms with Gasteiger partial charge in [0.1, 0.15) is 17.7 Å². The van der Waals surface area contributed by atoms with Crippen LogP contribution in [0.2, 0.25) is 0 Å². The second-order valence-corrected chi connectivity index (χ2v) is 4.59. The molecule has 0 aliphatic carbocycles. The molecule has 0 aromatic carbocycles. The minimum absolute atomic E-state index is 0.125. The molecule has 1 aromatic rings. The first-order valence-electron chi connectivity index (χ1n) is 5.78. The van der Waals surface area contributed by atoms with Crippen molar-refractivity contribution < 1.29 is 9.53 Å². The average molecular weight is 285 g/mol. The van der Waals surface area contributed by atoms with Crippen LogP contribution in [-0.4, -0.2) is 48.4 Å². The van der Waals surface area contributed by atoms with Crippen molar-refractivity contribution >= 4 is 29.3 Å². The van der Waals surface area contributed by atoms with Crippen LogP contribution in [-0.2, 0) is 9.53 Å².